The largest absolute Gasteiger partial charge is 0.321 e. The fourth-order valence-electron chi connectivity index (χ4n) is 1.68. The van der Waals surface area contributed by atoms with E-state index in [0.29, 0.717) is 5.69 Å². The standard InChI is InChI=1S/C16H13N3O/c1-12-4-2-3-5-15(12)19-16(20)14(11-17)10-13-6-8-18-9-7-13/h2-10H,1H3,(H,19,20)/b14-10+. The molecule has 1 N–H and O–H groups in total. The number of carbonyl (C=O) groups is 1. The average molecular weight is 263 g/mol. The number of aryl methyl sites for hydroxylation is 1. The van der Waals surface area contributed by atoms with Gasteiger partial charge in [-0.15, -0.1) is 0 Å². The number of aromatic nitrogens is 1. The third-order valence-electron chi connectivity index (χ3n) is 2.78. The second-order valence-corrected chi connectivity index (χ2v) is 4.22. The molecule has 0 saturated heterocycles. The van der Waals surface area contributed by atoms with Gasteiger partial charge in [0.15, 0.2) is 0 Å². The summed E-state index contributed by atoms with van der Waals surface area (Å²) in [6.07, 6.45) is 4.76. The van der Waals surface area contributed by atoms with Crippen LogP contribution >= 0.6 is 0 Å². The molecule has 1 aromatic carbocycles. The monoisotopic (exact) mass is 263 g/mol. The van der Waals surface area contributed by atoms with E-state index >= 15 is 0 Å². The number of benzene rings is 1. The minimum Gasteiger partial charge on any atom is -0.321 e. The SMILES string of the molecule is Cc1ccccc1NC(=O)/C(C#N)=C/c1ccncc1. The molecule has 0 aliphatic heterocycles. The summed E-state index contributed by atoms with van der Waals surface area (Å²) in [6, 6.07) is 12.8. The lowest BCUT2D eigenvalue weighted by atomic mass is 10.1. The number of nitrogens with one attached hydrogen (secondary N) is 1. The van der Waals surface area contributed by atoms with Crippen LogP contribution in [0.4, 0.5) is 5.69 Å². The lowest BCUT2D eigenvalue weighted by Gasteiger charge is -2.07. The summed E-state index contributed by atoms with van der Waals surface area (Å²) in [7, 11) is 0. The number of amides is 1. The number of hydrogen-bond acceptors (Lipinski definition) is 3. The number of anilines is 1. The fraction of sp³-hybridized carbons (Fsp3) is 0.0625. The molecule has 4 heteroatoms. The Labute approximate surface area is 117 Å². The minimum absolute atomic E-state index is 0.0550. The highest BCUT2D eigenvalue weighted by Crippen LogP contribution is 2.15. The van der Waals surface area contributed by atoms with Crippen LogP contribution in [0.5, 0.6) is 0 Å². The van der Waals surface area contributed by atoms with Crippen molar-refractivity contribution >= 4 is 17.7 Å². The summed E-state index contributed by atoms with van der Waals surface area (Å²) in [5.74, 6) is -0.418. The molecular weight excluding hydrogens is 250 g/mol. The Balaban J connectivity index is 2.21. The Hall–Kier alpha value is -2.93. The molecule has 2 rings (SSSR count). The van der Waals surface area contributed by atoms with Crippen LogP contribution in [0.15, 0.2) is 54.4 Å². The van der Waals surface area contributed by atoms with Crippen molar-refractivity contribution in [1.82, 2.24) is 4.98 Å². The molecule has 0 radical (unpaired) electrons. The Morgan fingerprint density at radius 2 is 1.95 bits per heavy atom. The molecule has 2 aromatic rings. The molecule has 4 nitrogen and oxygen atoms in total. The van der Waals surface area contributed by atoms with Gasteiger partial charge in [0.25, 0.3) is 5.91 Å². The maximum atomic E-state index is 12.1. The van der Waals surface area contributed by atoms with Gasteiger partial charge in [-0.25, -0.2) is 0 Å². The topological polar surface area (TPSA) is 65.8 Å². The Bertz CT molecular complexity index is 684. The summed E-state index contributed by atoms with van der Waals surface area (Å²) >= 11 is 0. The van der Waals surface area contributed by atoms with Gasteiger partial charge >= 0.3 is 0 Å². The molecule has 1 amide bonds. The first-order valence-electron chi connectivity index (χ1n) is 6.09. The van der Waals surface area contributed by atoms with Crippen molar-refractivity contribution in [2.45, 2.75) is 6.92 Å². The molecule has 20 heavy (non-hydrogen) atoms. The zero-order chi connectivity index (χ0) is 14.4. The predicted octanol–water partition coefficient (Wildman–Crippen LogP) is 2.94. The fourth-order valence-corrected chi connectivity index (χ4v) is 1.68. The molecule has 0 aliphatic rings. The van der Waals surface area contributed by atoms with E-state index in [0.717, 1.165) is 11.1 Å². The smallest absolute Gasteiger partial charge is 0.266 e. The van der Waals surface area contributed by atoms with Crippen LogP contribution < -0.4 is 5.32 Å². The van der Waals surface area contributed by atoms with Gasteiger partial charge in [0.1, 0.15) is 11.6 Å². The highest BCUT2D eigenvalue weighted by atomic mass is 16.1. The van der Waals surface area contributed by atoms with E-state index in [1.165, 1.54) is 6.08 Å². The first-order valence-corrected chi connectivity index (χ1v) is 6.09. The number of nitrogens with zero attached hydrogens (tertiary/aromatic N) is 2. The average Bonchev–Trinajstić information content (AvgIpc) is 2.48. The molecule has 0 unspecified atom stereocenters. The quantitative estimate of drug-likeness (QED) is 0.684. The number of pyridine rings is 1. The van der Waals surface area contributed by atoms with E-state index in [4.69, 9.17) is 5.26 Å². The Morgan fingerprint density at radius 3 is 2.60 bits per heavy atom. The normalized spacial score (nSPS) is 10.7. The van der Waals surface area contributed by atoms with Crippen molar-refractivity contribution in [2.75, 3.05) is 5.32 Å². The van der Waals surface area contributed by atoms with Gasteiger partial charge in [0.2, 0.25) is 0 Å². The summed E-state index contributed by atoms with van der Waals surface area (Å²) in [6.45, 7) is 1.90. The Morgan fingerprint density at radius 1 is 1.25 bits per heavy atom. The van der Waals surface area contributed by atoms with E-state index in [1.807, 2.05) is 31.2 Å². The van der Waals surface area contributed by atoms with E-state index in [2.05, 4.69) is 10.3 Å². The zero-order valence-corrected chi connectivity index (χ0v) is 11.0. The molecule has 0 aliphatic carbocycles. The van der Waals surface area contributed by atoms with Gasteiger partial charge in [0, 0.05) is 18.1 Å². The van der Waals surface area contributed by atoms with Crippen molar-refractivity contribution in [1.29, 1.82) is 5.26 Å². The number of para-hydroxylation sites is 1. The van der Waals surface area contributed by atoms with Crippen molar-refractivity contribution in [3.63, 3.8) is 0 Å². The van der Waals surface area contributed by atoms with Gasteiger partial charge in [-0.1, -0.05) is 18.2 Å². The zero-order valence-electron chi connectivity index (χ0n) is 11.0. The summed E-state index contributed by atoms with van der Waals surface area (Å²) in [5.41, 5.74) is 2.46. The molecule has 0 bridgehead atoms. The molecular formula is C16H13N3O. The number of nitriles is 1. The molecule has 1 heterocycles. The molecule has 98 valence electrons. The first-order chi connectivity index (χ1) is 9.70. The second-order valence-electron chi connectivity index (χ2n) is 4.22. The first kappa shape index (κ1) is 13.5. The van der Waals surface area contributed by atoms with Crippen molar-refractivity contribution in [3.05, 3.63) is 65.5 Å². The highest BCUT2D eigenvalue weighted by molar-refractivity contribution is 6.09. The molecule has 0 spiro atoms. The minimum atomic E-state index is -0.418. The van der Waals surface area contributed by atoms with Gasteiger partial charge in [-0.3, -0.25) is 9.78 Å². The number of carbonyl (C=O) groups excluding carboxylic acids is 1. The van der Waals surface area contributed by atoms with Gasteiger partial charge in [0.05, 0.1) is 0 Å². The van der Waals surface area contributed by atoms with Gasteiger partial charge in [-0.05, 0) is 42.3 Å². The van der Waals surface area contributed by atoms with E-state index < -0.39 is 5.91 Å². The van der Waals surface area contributed by atoms with Crippen LogP contribution in [0, 0.1) is 18.3 Å². The van der Waals surface area contributed by atoms with Crippen molar-refractivity contribution in [3.8, 4) is 6.07 Å². The second kappa shape index (κ2) is 6.30. The van der Waals surface area contributed by atoms with Crippen LogP contribution in [-0.4, -0.2) is 10.9 Å². The predicted molar refractivity (Wildman–Crippen MR) is 77.6 cm³/mol. The molecule has 0 atom stereocenters. The summed E-state index contributed by atoms with van der Waals surface area (Å²) in [5, 5.41) is 11.8. The summed E-state index contributed by atoms with van der Waals surface area (Å²) in [4.78, 5) is 16.0. The van der Waals surface area contributed by atoms with Crippen LogP contribution in [0.3, 0.4) is 0 Å². The van der Waals surface area contributed by atoms with Crippen LogP contribution in [-0.2, 0) is 4.79 Å². The van der Waals surface area contributed by atoms with E-state index in [-0.39, 0.29) is 5.57 Å². The lowest BCUT2D eigenvalue weighted by Crippen LogP contribution is -2.14. The van der Waals surface area contributed by atoms with Crippen LogP contribution in [0.1, 0.15) is 11.1 Å². The molecule has 1 aromatic heterocycles. The number of hydrogen-bond donors (Lipinski definition) is 1. The maximum Gasteiger partial charge on any atom is 0.266 e. The van der Waals surface area contributed by atoms with E-state index in [1.54, 1.807) is 30.6 Å². The molecule has 0 saturated carbocycles. The van der Waals surface area contributed by atoms with Gasteiger partial charge in [-0.2, -0.15) is 5.26 Å². The van der Waals surface area contributed by atoms with E-state index in [9.17, 15) is 4.79 Å². The van der Waals surface area contributed by atoms with Crippen LogP contribution in [0.2, 0.25) is 0 Å². The Kier molecular flexibility index (Phi) is 4.25. The third kappa shape index (κ3) is 3.30. The highest BCUT2D eigenvalue weighted by Gasteiger charge is 2.10. The summed E-state index contributed by atoms with van der Waals surface area (Å²) < 4.78 is 0. The van der Waals surface area contributed by atoms with Crippen molar-refractivity contribution < 1.29 is 4.79 Å². The molecule has 0 fully saturated rings. The van der Waals surface area contributed by atoms with Gasteiger partial charge < -0.3 is 5.32 Å². The van der Waals surface area contributed by atoms with Crippen LogP contribution in [0.25, 0.3) is 6.08 Å². The van der Waals surface area contributed by atoms with Crippen molar-refractivity contribution in [2.24, 2.45) is 0 Å². The maximum absolute atomic E-state index is 12.1. The third-order valence-corrected chi connectivity index (χ3v) is 2.78. The number of rotatable bonds is 3. The lowest BCUT2D eigenvalue weighted by molar-refractivity contribution is -0.112.